The molecule has 2 rings (SSSR count). The van der Waals surface area contributed by atoms with E-state index in [0.717, 1.165) is 0 Å². The third kappa shape index (κ3) is 2.84. The van der Waals surface area contributed by atoms with Crippen molar-refractivity contribution >= 4 is 0 Å². The zero-order valence-corrected chi connectivity index (χ0v) is 10.2. The summed E-state index contributed by atoms with van der Waals surface area (Å²) in [6, 6.07) is 4.41. The third-order valence-corrected chi connectivity index (χ3v) is 2.40. The topological polar surface area (TPSA) is 74.2 Å². The SMILES string of the molecule is Cc1noc(COc2ccc(C(C)N)cc2F)n1. The lowest BCUT2D eigenvalue weighted by Crippen LogP contribution is -2.06. The molecule has 1 aromatic carbocycles. The average Bonchev–Trinajstić information content (AvgIpc) is 2.73. The van der Waals surface area contributed by atoms with Gasteiger partial charge < -0.3 is 15.0 Å². The van der Waals surface area contributed by atoms with Crippen LogP contribution in [-0.2, 0) is 6.61 Å². The predicted octanol–water partition coefficient (Wildman–Crippen LogP) is 2.12. The van der Waals surface area contributed by atoms with Gasteiger partial charge in [0.25, 0.3) is 5.89 Å². The Morgan fingerprint density at radius 3 is 2.83 bits per heavy atom. The number of nitrogens with two attached hydrogens (primary N) is 1. The first-order valence-electron chi connectivity index (χ1n) is 5.53. The first-order chi connectivity index (χ1) is 8.56. The van der Waals surface area contributed by atoms with Crippen LogP contribution >= 0.6 is 0 Å². The van der Waals surface area contributed by atoms with Gasteiger partial charge in [0.15, 0.2) is 24.0 Å². The zero-order valence-electron chi connectivity index (χ0n) is 10.2. The highest BCUT2D eigenvalue weighted by Crippen LogP contribution is 2.21. The Labute approximate surface area is 104 Å². The highest BCUT2D eigenvalue weighted by molar-refractivity contribution is 5.30. The monoisotopic (exact) mass is 251 g/mol. The molecule has 2 aromatic rings. The van der Waals surface area contributed by atoms with E-state index in [9.17, 15) is 4.39 Å². The predicted molar refractivity (Wildman–Crippen MR) is 62.4 cm³/mol. The molecule has 1 unspecified atom stereocenters. The van der Waals surface area contributed by atoms with Crippen LogP contribution in [0.5, 0.6) is 5.75 Å². The minimum Gasteiger partial charge on any atom is -0.481 e. The quantitative estimate of drug-likeness (QED) is 0.900. The van der Waals surface area contributed by atoms with Crippen LogP contribution in [0.4, 0.5) is 4.39 Å². The number of hydrogen-bond acceptors (Lipinski definition) is 5. The second kappa shape index (κ2) is 5.14. The standard InChI is InChI=1S/C12H14FN3O2/c1-7(14)9-3-4-11(10(13)5-9)17-6-12-15-8(2)16-18-12/h3-5,7H,6,14H2,1-2H3. The molecule has 0 radical (unpaired) electrons. The number of hydrogen-bond donors (Lipinski definition) is 1. The van der Waals surface area contributed by atoms with E-state index in [-0.39, 0.29) is 18.4 Å². The maximum atomic E-state index is 13.7. The van der Waals surface area contributed by atoms with Crippen LogP contribution in [-0.4, -0.2) is 10.1 Å². The fourth-order valence-corrected chi connectivity index (χ4v) is 1.46. The van der Waals surface area contributed by atoms with Gasteiger partial charge in [-0.2, -0.15) is 4.98 Å². The Balaban J connectivity index is 2.05. The molecule has 6 heteroatoms. The van der Waals surface area contributed by atoms with Crippen molar-refractivity contribution in [2.75, 3.05) is 0 Å². The summed E-state index contributed by atoms with van der Waals surface area (Å²) < 4.78 is 23.8. The van der Waals surface area contributed by atoms with E-state index in [1.807, 2.05) is 0 Å². The van der Waals surface area contributed by atoms with E-state index in [1.165, 1.54) is 12.1 Å². The van der Waals surface area contributed by atoms with E-state index in [2.05, 4.69) is 10.1 Å². The summed E-state index contributed by atoms with van der Waals surface area (Å²) >= 11 is 0. The summed E-state index contributed by atoms with van der Waals surface area (Å²) in [6.07, 6.45) is 0. The van der Waals surface area contributed by atoms with Crippen LogP contribution in [0.15, 0.2) is 22.7 Å². The summed E-state index contributed by atoms with van der Waals surface area (Å²) in [5.41, 5.74) is 6.38. The zero-order chi connectivity index (χ0) is 13.1. The number of rotatable bonds is 4. The van der Waals surface area contributed by atoms with Crippen molar-refractivity contribution in [3.05, 3.63) is 41.3 Å². The van der Waals surface area contributed by atoms with Crippen molar-refractivity contribution < 1.29 is 13.7 Å². The Bertz CT molecular complexity index is 540. The Morgan fingerprint density at radius 1 is 1.50 bits per heavy atom. The van der Waals surface area contributed by atoms with Gasteiger partial charge in [0.1, 0.15) is 0 Å². The summed E-state index contributed by atoms with van der Waals surface area (Å²) in [7, 11) is 0. The molecule has 0 spiro atoms. The molecule has 1 aromatic heterocycles. The van der Waals surface area contributed by atoms with Crippen molar-refractivity contribution in [1.29, 1.82) is 0 Å². The molecule has 0 amide bonds. The van der Waals surface area contributed by atoms with Crippen LogP contribution in [0.2, 0.25) is 0 Å². The van der Waals surface area contributed by atoms with Crippen LogP contribution in [0.1, 0.15) is 30.2 Å². The second-order valence-corrected chi connectivity index (χ2v) is 4.00. The first-order valence-corrected chi connectivity index (χ1v) is 5.53. The number of ether oxygens (including phenoxy) is 1. The minimum atomic E-state index is -0.457. The molecular formula is C12H14FN3O2. The lowest BCUT2D eigenvalue weighted by molar-refractivity contribution is 0.234. The molecule has 0 bridgehead atoms. The highest BCUT2D eigenvalue weighted by Gasteiger charge is 2.09. The van der Waals surface area contributed by atoms with Crippen molar-refractivity contribution in [3.8, 4) is 5.75 Å². The number of halogens is 1. The lowest BCUT2D eigenvalue weighted by atomic mass is 10.1. The van der Waals surface area contributed by atoms with E-state index in [4.69, 9.17) is 15.0 Å². The molecule has 0 aliphatic rings. The van der Waals surface area contributed by atoms with Gasteiger partial charge >= 0.3 is 0 Å². The molecule has 0 fully saturated rings. The van der Waals surface area contributed by atoms with Gasteiger partial charge in [-0.05, 0) is 31.5 Å². The fraction of sp³-hybridized carbons (Fsp3) is 0.333. The van der Waals surface area contributed by atoms with E-state index >= 15 is 0 Å². The second-order valence-electron chi connectivity index (χ2n) is 4.00. The summed E-state index contributed by atoms with van der Waals surface area (Å²) in [4.78, 5) is 3.96. The Hall–Kier alpha value is -1.95. The van der Waals surface area contributed by atoms with Crippen LogP contribution in [0, 0.1) is 12.7 Å². The highest BCUT2D eigenvalue weighted by atomic mass is 19.1. The van der Waals surface area contributed by atoms with E-state index in [1.54, 1.807) is 19.9 Å². The van der Waals surface area contributed by atoms with Crippen molar-refractivity contribution in [1.82, 2.24) is 10.1 Å². The molecule has 0 aliphatic heterocycles. The van der Waals surface area contributed by atoms with Gasteiger partial charge in [0.2, 0.25) is 0 Å². The molecule has 1 heterocycles. The summed E-state index contributed by atoms with van der Waals surface area (Å²) in [5.74, 6) is 0.501. The molecule has 18 heavy (non-hydrogen) atoms. The molecule has 1 atom stereocenters. The van der Waals surface area contributed by atoms with Gasteiger partial charge in [-0.25, -0.2) is 4.39 Å². The van der Waals surface area contributed by atoms with Crippen LogP contribution in [0.25, 0.3) is 0 Å². The van der Waals surface area contributed by atoms with Gasteiger partial charge in [0.05, 0.1) is 0 Å². The average molecular weight is 251 g/mol. The van der Waals surface area contributed by atoms with Crippen molar-refractivity contribution in [3.63, 3.8) is 0 Å². The number of benzene rings is 1. The van der Waals surface area contributed by atoms with E-state index in [0.29, 0.717) is 17.3 Å². The number of nitrogens with zero attached hydrogens (tertiary/aromatic N) is 2. The van der Waals surface area contributed by atoms with Crippen LogP contribution < -0.4 is 10.5 Å². The number of aryl methyl sites for hydroxylation is 1. The Morgan fingerprint density at radius 2 is 2.28 bits per heavy atom. The lowest BCUT2D eigenvalue weighted by Gasteiger charge is -2.09. The van der Waals surface area contributed by atoms with Crippen molar-refractivity contribution in [2.24, 2.45) is 5.73 Å². The smallest absolute Gasteiger partial charge is 0.264 e. The van der Waals surface area contributed by atoms with Crippen LogP contribution in [0.3, 0.4) is 0 Å². The summed E-state index contributed by atoms with van der Waals surface area (Å²) in [6.45, 7) is 3.52. The molecule has 5 nitrogen and oxygen atoms in total. The Kier molecular flexibility index (Phi) is 3.57. The maximum absolute atomic E-state index is 13.7. The third-order valence-electron chi connectivity index (χ3n) is 2.40. The molecule has 0 saturated heterocycles. The molecule has 0 aliphatic carbocycles. The first kappa shape index (κ1) is 12.5. The minimum absolute atomic E-state index is 0.0370. The summed E-state index contributed by atoms with van der Waals surface area (Å²) in [5, 5.41) is 3.61. The van der Waals surface area contributed by atoms with E-state index < -0.39 is 5.82 Å². The van der Waals surface area contributed by atoms with Gasteiger partial charge in [-0.1, -0.05) is 11.2 Å². The normalized spacial score (nSPS) is 12.4. The van der Waals surface area contributed by atoms with Crippen molar-refractivity contribution in [2.45, 2.75) is 26.5 Å². The molecule has 2 N–H and O–H groups in total. The van der Waals surface area contributed by atoms with Gasteiger partial charge in [-0.3, -0.25) is 0 Å². The largest absolute Gasteiger partial charge is 0.481 e. The fourth-order valence-electron chi connectivity index (χ4n) is 1.46. The molecule has 0 saturated carbocycles. The maximum Gasteiger partial charge on any atom is 0.264 e. The number of aromatic nitrogens is 2. The van der Waals surface area contributed by atoms with Gasteiger partial charge in [-0.15, -0.1) is 0 Å². The molecule has 96 valence electrons. The van der Waals surface area contributed by atoms with Gasteiger partial charge in [0, 0.05) is 6.04 Å². The molecular weight excluding hydrogens is 237 g/mol.